The second-order valence-corrected chi connectivity index (χ2v) is 5.16. The van der Waals surface area contributed by atoms with Crippen molar-refractivity contribution in [3.8, 4) is 0 Å². The van der Waals surface area contributed by atoms with Crippen LogP contribution in [0.2, 0.25) is 0 Å². The third kappa shape index (κ3) is 5.04. The summed E-state index contributed by atoms with van der Waals surface area (Å²) in [5.41, 5.74) is 3.32. The molecule has 1 aromatic rings. The van der Waals surface area contributed by atoms with E-state index in [2.05, 4.69) is 29.6 Å². The van der Waals surface area contributed by atoms with Crippen molar-refractivity contribution in [2.75, 3.05) is 6.54 Å². The first-order valence-corrected chi connectivity index (χ1v) is 7.76. The van der Waals surface area contributed by atoms with Crippen LogP contribution in [0.4, 0.5) is 4.79 Å². The average molecular weight is 296 g/mol. The largest absolute Gasteiger partial charge is 0.393 e. The molecule has 0 aliphatic carbocycles. The molecule has 120 valence electrons. The number of aliphatic hydroxyl groups excluding tert-OH is 1. The van der Waals surface area contributed by atoms with Crippen molar-refractivity contribution in [2.24, 2.45) is 7.05 Å². The summed E-state index contributed by atoms with van der Waals surface area (Å²) in [4.78, 5) is 11.8. The highest BCUT2D eigenvalue weighted by Gasteiger charge is 2.14. The standard InChI is InChI=1S/C15H28N4O2/c1-5-11(20)8-9-16-15(21)17-10-12-13(6-2)18-19(4)14(12)7-3/h11,20H,5-10H2,1-4H3,(H2,16,17,21). The Balaban J connectivity index is 2.49. The molecule has 0 fully saturated rings. The van der Waals surface area contributed by atoms with E-state index in [4.69, 9.17) is 0 Å². The topological polar surface area (TPSA) is 79.2 Å². The molecule has 1 atom stereocenters. The predicted octanol–water partition coefficient (Wildman–Crippen LogP) is 1.51. The molecule has 0 aliphatic rings. The minimum absolute atomic E-state index is 0.203. The number of nitrogens with zero attached hydrogens (tertiary/aromatic N) is 2. The highest BCUT2D eigenvalue weighted by molar-refractivity contribution is 5.73. The van der Waals surface area contributed by atoms with Gasteiger partial charge in [0.25, 0.3) is 0 Å². The molecule has 0 radical (unpaired) electrons. The first kappa shape index (κ1) is 17.5. The molecule has 3 N–H and O–H groups in total. The van der Waals surface area contributed by atoms with Gasteiger partial charge in [-0.05, 0) is 25.7 Å². The van der Waals surface area contributed by atoms with Gasteiger partial charge in [0.1, 0.15) is 0 Å². The Kier molecular flexibility index (Phi) is 7.22. The predicted molar refractivity (Wildman–Crippen MR) is 83.1 cm³/mol. The van der Waals surface area contributed by atoms with Crippen LogP contribution in [0.5, 0.6) is 0 Å². The van der Waals surface area contributed by atoms with E-state index in [1.165, 1.54) is 0 Å². The van der Waals surface area contributed by atoms with Crippen molar-refractivity contribution in [2.45, 2.75) is 59.1 Å². The Labute approximate surface area is 126 Å². The van der Waals surface area contributed by atoms with Crippen molar-refractivity contribution < 1.29 is 9.90 Å². The summed E-state index contributed by atoms with van der Waals surface area (Å²) in [6.07, 6.45) is 2.69. The van der Waals surface area contributed by atoms with Crippen LogP contribution in [-0.2, 0) is 26.4 Å². The Morgan fingerprint density at radius 1 is 1.29 bits per heavy atom. The van der Waals surface area contributed by atoms with Crippen LogP contribution in [0.25, 0.3) is 0 Å². The van der Waals surface area contributed by atoms with Crippen molar-refractivity contribution in [3.05, 3.63) is 17.0 Å². The van der Waals surface area contributed by atoms with Crippen LogP contribution in [0.1, 0.15) is 50.6 Å². The summed E-state index contributed by atoms with van der Waals surface area (Å²) in [5.74, 6) is 0. The summed E-state index contributed by atoms with van der Waals surface area (Å²) >= 11 is 0. The number of aromatic nitrogens is 2. The van der Waals surface area contributed by atoms with Gasteiger partial charge in [-0.2, -0.15) is 5.10 Å². The number of nitrogens with one attached hydrogen (secondary N) is 2. The van der Waals surface area contributed by atoms with Crippen LogP contribution in [0.3, 0.4) is 0 Å². The van der Waals surface area contributed by atoms with Crippen molar-refractivity contribution >= 4 is 6.03 Å². The molecular weight excluding hydrogens is 268 g/mol. The van der Waals surface area contributed by atoms with Crippen molar-refractivity contribution in [1.82, 2.24) is 20.4 Å². The van der Waals surface area contributed by atoms with Crippen molar-refractivity contribution in [1.29, 1.82) is 0 Å². The molecule has 0 saturated heterocycles. The van der Waals surface area contributed by atoms with E-state index >= 15 is 0 Å². The third-order valence-corrected chi connectivity index (χ3v) is 3.69. The molecule has 0 bridgehead atoms. The zero-order chi connectivity index (χ0) is 15.8. The lowest BCUT2D eigenvalue weighted by molar-refractivity contribution is 0.160. The normalized spacial score (nSPS) is 12.2. The fraction of sp³-hybridized carbons (Fsp3) is 0.733. The minimum Gasteiger partial charge on any atom is -0.393 e. The number of aryl methyl sites for hydroxylation is 2. The number of amides is 2. The van der Waals surface area contributed by atoms with E-state index in [1.54, 1.807) is 0 Å². The number of carbonyl (C=O) groups is 1. The first-order valence-electron chi connectivity index (χ1n) is 7.76. The monoisotopic (exact) mass is 296 g/mol. The van der Waals surface area contributed by atoms with Gasteiger partial charge in [0, 0.05) is 31.4 Å². The van der Waals surface area contributed by atoms with E-state index < -0.39 is 0 Å². The van der Waals surface area contributed by atoms with Gasteiger partial charge in [-0.15, -0.1) is 0 Å². The second kappa shape index (κ2) is 8.67. The molecule has 21 heavy (non-hydrogen) atoms. The van der Waals surface area contributed by atoms with Crippen LogP contribution < -0.4 is 10.6 Å². The molecule has 1 heterocycles. The third-order valence-electron chi connectivity index (χ3n) is 3.69. The fourth-order valence-electron chi connectivity index (χ4n) is 2.38. The van der Waals surface area contributed by atoms with Gasteiger partial charge in [0.05, 0.1) is 11.8 Å². The maximum Gasteiger partial charge on any atom is 0.315 e. The Morgan fingerprint density at radius 3 is 2.57 bits per heavy atom. The quantitative estimate of drug-likeness (QED) is 0.680. The molecule has 2 amide bonds. The van der Waals surface area contributed by atoms with Gasteiger partial charge >= 0.3 is 6.03 Å². The lowest BCUT2D eigenvalue weighted by Crippen LogP contribution is -2.36. The highest BCUT2D eigenvalue weighted by atomic mass is 16.3. The number of hydrogen-bond acceptors (Lipinski definition) is 3. The average Bonchev–Trinajstić information content (AvgIpc) is 2.79. The maximum atomic E-state index is 11.8. The summed E-state index contributed by atoms with van der Waals surface area (Å²) in [6, 6.07) is -0.203. The molecule has 6 nitrogen and oxygen atoms in total. The molecule has 0 spiro atoms. The summed E-state index contributed by atoms with van der Waals surface area (Å²) < 4.78 is 1.89. The van der Waals surface area contributed by atoms with Crippen molar-refractivity contribution in [3.63, 3.8) is 0 Å². The molecule has 0 saturated carbocycles. The van der Waals surface area contributed by atoms with E-state index in [9.17, 15) is 9.90 Å². The first-order chi connectivity index (χ1) is 10.0. The van der Waals surface area contributed by atoms with Gasteiger partial charge in [0.15, 0.2) is 0 Å². The summed E-state index contributed by atoms with van der Waals surface area (Å²) in [7, 11) is 1.94. The van der Waals surface area contributed by atoms with E-state index in [-0.39, 0.29) is 12.1 Å². The summed E-state index contributed by atoms with van der Waals surface area (Å²) in [5, 5.41) is 19.6. The number of rotatable bonds is 8. The van der Waals surface area contributed by atoms with Gasteiger partial charge in [-0.3, -0.25) is 4.68 Å². The lowest BCUT2D eigenvalue weighted by Gasteiger charge is -2.11. The molecule has 0 aromatic carbocycles. The Hall–Kier alpha value is -1.56. The zero-order valence-corrected chi connectivity index (χ0v) is 13.6. The molecule has 1 rings (SSSR count). The van der Waals surface area contributed by atoms with E-state index in [1.807, 2.05) is 18.7 Å². The Bertz CT molecular complexity index is 457. The second-order valence-electron chi connectivity index (χ2n) is 5.16. The fourth-order valence-corrected chi connectivity index (χ4v) is 2.38. The van der Waals surface area contributed by atoms with Crippen LogP contribution in [-0.4, -0.2) is 33.6 Å². The van der Waals surface area contributed by atoms with Gasteiger partial charge < -0.3 is 15.7 Å². The molecular formula is C15H28N4O2. The smallest absolute Gasteiger partial charge is 0.315 e. The Morgan fingerprint density at radius 2 is 2.00 bits per heavy atom. The molecule has 6 heteroatoms. The summed E-state index contributed by atoms with van der Waals surface area (Å²) in [6.45, 7) is 7.05. The lowest BCUT2D eigenvalue weighted by atomic mass is 10.1. The number of hydrogen-bond donors (Lipinski definition) is 3. The number of urea groups is 1. The zero-order valence-electron chi connectivity index (χ0n) is 13.6. The molecule has 1 unspecified atom stereocenters. The van der Waals surface area contributed by atoms with Gasteiger partial charge in [-0.1, -0.05) is 20.8 Å². The molecule has 0 aliphatic heterocycles. The molecule has 1 aromatic heterocycles. The SMILES string of the molecule is CCc1nn(C)c(CC)c1CNC(=O)NCCC(O)CC. The van der Waals surface area contributed by atoms with E-state index in [0.29, 0.717) is 25.9 Å². The number of aliphatic hydroxyl groups is 1. The van der Waals surface area contributed by atoms with Crippen LogP contribution >= 0.6 is 0 Å². The minimum atomic E-state index is -0.345. The van der Waals surface area contributed by atoms with Crippen LogP contribution in [0.15, 0.2) is 0 Å². The highest BCUT2D eigenvalue weighted by Crippen LogP contribution is 2.15. The van der Waals surface area contributed by atoms with Crippen LogP contribution in [0, 0.1) is 0 Å². The van der Waals surface area contributed by atoms with Gasteiger partial charge in [-0.25, -0.2) is 4.79 Å². The maximum absolute atomic E-state index is 11.8. The van der Waals surface area contributed by atoms with E-state index in [0.717, 1.165) is 29.8 Å². The number of carbonyl (C=O) groups excluding carboxylic acids is 1. The van der Waals surface area contributed by atoms with Gasteiger partial charge in [0.2, 0.25) is 0 Å².